The fourth-order valence-corrected chi connectivity index (χ4v) is 4.91. The summed E-state index contributed by atoms with van der Waals surface area (Å²) in [6.07, 6.45) is 0.716. The van der Waals surface area contributed by atoms with Crippen molar-refractivity contribution in [3.05, 3.63) is 63.7 Å². The zero-order valence-electron chi connectivity index (χ0n) is 16.7. The maximum absolute atomic E-state index is 12.9. The number of hydrogen-bond donors (Lipinski definition) is 2. The molecule has 8 nitrogen and oxygen atoms in total. The van der Waals surface area contributed by atoms with Gasteiger partial charge in [0.15, 0.2) is 0 Å². The minimum absolute atomic E-state index is 0.0341. The van der Waals surface area contributed by atoms with Gasteiger partial charge in [0.25, 0.3) is 5.69 Å². The molecule has 156 valence electrons. The van der Waals surface area contributed by atoms with Crippen molar-refractivity contribution in [3.8, 4) is 0 Å². The number of nitrogens with one attached hydrogen (secondary N) is 2. The lowest BCUT2D eigenvalue weighted by Crippen LogP contribution is -3.12. The number of nitrogens with zero attached hydrogens (tertiary/aromatic N) is 2. The predicted octanol–water partition coefficient (Wildman–Crippen LogP) is 1.08. The molecule has 0 unspecified atom stereocenters. The fraction of sp³-hybridized carbons (Fsp3) is 0.400. The molecule has 0 aromatic heterocycles. The second-order valence-electron chi connectivity index (χ2n) is 7.40. The summed E-state index contributed by atoms with van der Waals surface area (Å²) >= 11 is 0. The Kier molecular flexibility index (Phi) is 6.51. The maximum atomic E-state index is 12.9. The van der Waals surface area contributed by atoms with Gasteiger partial charge in [-0.1, -0.05) is 24.3 Å². The van der Waals surface area contributed by atoms with Gasteiger partial charge in [-0.2, -0.15) is 4.31 Å². The van der Waals surface area contributed by atoms with Gasteiger partial charge >= 0.3 is 0 Å². The van der Waals surface area contributed by atoms with Crippen molar-refractivity contribution < 1.29 is 18.2 Å². The highest BCUT2D eigenvalue weighted by Crippen LogP contribution is 2.29. The molecular weight excluding hydrogens is 392 g/mol. The highest BCUT2D eigenvalue weighted by molar-refractivity contribution is 7.89. The predicted molar refractivity (Wildman–Crippen MR) is 112 cm³/mol. The summed E-state index contributed by atoms with van der Waals surface area (Å²) in [5.41, 5.74) is 2.43. The molecular formula is C20H27N4O4S+. The molecule has 9 heteroatoms. The standard InChI is InChI=1S/C20H26N4O4S/c1-16-5-3-4-6-17(16)9-10-21-19-8-7-18(15-20(19)24(25)26)29(27,28)23-13-11-22(2)12-14-23/h3-8,15,21H,9-14H2,1-2H3/p+1. The van der Waals surface area contributed by atoms with Crippen LogP contribution in [-0.2, 0) is 16.4 Å². The molecule has 1 aliphatic heterocycles. The maximum Gasteiger partial charge on any atom is 0.293 e. The number of anilines is 1. The van der Waals surface area contributed by atoms with E-state index in [1.54, 1.807) is 0 Å². The molecule has 1 saturated heterocycles. The van der Waals surface area contributed by atoms with Gasteiger partial charge in [-0.25, -0.2) is 8.42 Å². The third kappa shape index (κ3) is 4.92. The number of hydrogen-bond acceptors (Lipinski definition) is 5. The van der Waals surface area contributed by atoms with Crippen LogP contribution < -0.4 is 10.2 Å². The summed E-state index contributed by atoms with van der Waals surface area (Å²) in [6.45, 7) is 4.81. The van der Waals surface area contributed by atoms with E-state index in [4.69, 9.17) is 0 Å². The summed E-state index contributed by atoms with van der Waals surface area (Å²) in [5.74, 6) is 0. The number of benzene rings is 2. The van der Waals surface area contributed by atoms with Crippen molar-refractivity contribution in [1.29, 1.82) is 0 Å². The van der Waals surface area contributed by atoms with Gasteiger partial charge in [0.2, 0.25) is 10.0 Å². The minimum Gasteiger partial charge on any atom is -0.379 e. The minimum atomic E-state index is -3.74. The quantitative estimate of drug-likeness (QED) is 0.517. The van der Waals surface area contributed by atoms with Gasteiger partial charge in [-0.15, -0.1) is 0 Å². The highest BCUT2D eigenvalue weighted by atomic mass is 32.2. The Morgan fingerprint density at radius 3 is 2.52 bits per heavy atom. The molecule has 2 aromatic rings. The molecule has 0 amide bonds. The van der Waals surface area contributed by atoms with E-state index < -0.39 is 14.9 Å². The largest absolute Gasteiger partial charge is 0.379 e. The van der Waals surface area contributed by atoms with Gasteiger partial charge in [-0.05, 0) is 36.6 Å². The summed E-state index contributed by atoms with van der Waals surface area (Å²) in [7, 11) is -1.72. The molecule has 0 bridgehead atoms. The van der Waals surface area contributed by atoms with Crippen molar-refractivity contribution in [3.63, 3.8) is 0 Å². The molecule has 3 rings (SSSR count). The van der Waals surface area contributed by atoms with Gasteiger partial charge in [0.05, 0.1) is 43.0 Å². The molecule has 0 spiro atoms. The van der Waals surface area contributed by atoms with E-state index in [0.717, 1.165) is 19.2 Å². The number of likely N-dealkylation sites (N-methyl/N-ethyl adjacent to an activating group) is 1. The molecule has 1 heterocycles. The van der Waals surface area contributed by atoms with E-state index in [1.165, 1.54) is 32.5 Å². The van der Waals surface area contributed by atoms with Crippen LogP contribution in [0.2, 0.25) is 0 Å². The summed E-state index contributed by atoms with van der Waals surface area (Å²) in [5, 5.41) is 14.6. The first-order valence-electron chi connectivity index (χ1n) is 9.67. The van der Waals surface area contributed by atoms with Crippen LogP contribution in [0.3, 0.4) is 0 Å². The Morgan fingerprint density at radius 2 is 1.86 bits per heavy atom. The molecule has 1 aliphatic rings. The smallest absolute Gasteiger partial charge is 0.293 e. The van der Waals surface area contributed by atoms with E-state index >= 15 is 0 Å². The van der Waals surface area contributed by atoms with Crippen LogP contribution in [0.25, 0.3) is 0 Å². The number of quaternary nitrogens is 1. The molecule has 2 aromatic carbocycles. The topological polar surface area (TPSA) is 97.0 Å². The normalized spacial score (nSPS) is 15.9. The van der Waals surface area contributed by atoms with Crippen molar-refractivity contribution in [2.45, 2.75) is 18.2 Å². The average Bonchev–Trinajstić information content (AvgIpc) is 2.69. The Bertz CT molecular complexity index is 986. The van der Waals surface area contributed by atoms with Gasteiger partial charge < -0.3 is 10.2 Å². The first-order valence-corrected chi connectivity index (χ1v) is 11.1. The SMILES string of the molecule is Cc1ccccc1CCNc1ccc(S(=O)(=O)N2CC[NH+](C)CC2)cc1[N+](=O)[O-]. The van der Waals surface area contributed by atoms with Crippen LogP contribution in [-0.4, -0.2) is 57.4 Å². The van der Waals surface area contributed by atoms with E-state index in [0.29, 0.717) is 31.7 Å². The van der Waals surface area contributed by atoms with Gasteiger partial charge in [0.1, 0.15) is 5.69 Å². The van der Waals surface area contributed by atoms with E-state index in [1.807, 2.05) is 38.2 Å². The molecule has 0 radical (unpaired) electrons. The van der Waals surface area contributed by atoms with Crippen molar-refractivity contribution >= 4 is 21.4 Å². The zero-order chi connectivity index (χ0) is 21.0. The van der Waals surface area contributed by atoms with Crippen molar-refractivity contribution in [2.75, 3.05) is 45.1 Å². The van der Waals surface area contributed by atoms with E-state index in [2.05, 4.69) is 5.32 Å². The fourth-order valence-electron chi connectivity index (χ4n) is 3.45. The van der Waals surface area contributed by atoms with Crippen LogP contribution in [0, 0.1) is 17.0 Å². The number of nitro benzene ring substituents is 1. The summed E-state index contributed by atoms with van der Waals surface area (Å²) in [4.78, 5) is 12.3. The third-order valence-corrected chi connectivity index (χ3v) is 7.25. The van der Waals surface area contributed by atoms with Crippen molar-refractivity contribution in [1.82, 2.24) is 4.31 Å². The second-order valence-corrected chi connectivity index (χ2v) is 9.34. The highest BCUT2D eigenvalue weighted by Gasteiger charge is 2.31. The number of rotatable bonds is 7. The van der Waals surface area contributed by atoms with Gasteiger partial charge in [-0.3, -0.25) is 10.1 Å². The Hall–Kier alpha value is -2.49. The van der Waals surface area contributed by atoms with E-state index in [9.17, 15) is 18.5 Å². The number of sulfonamides is 1. The molecule has 0 atom stereocenters. The van der Waals surface area contributed by atoms with Gasteiger partial charge in [0, 0.05) is 12.6 Å². The van der Waals surface area contributed by atoms with Crippen LogP contribution in [0.15, 0.2) is 47.4 Å². The number of aryl methyl sites for hydroxylation is 1. The van der Waals surface area contributed by atoms with Crippen LogP contribution in [0.1, 0.15) is 11.1 Å². The van der Waals surface area contributed by atoms with E-state index in [-0.39, 0.29) is 10.6 Å². The Balaban J connectivity index is 1.76. The summed E-state index contributed by atoms with van der Waals surface area (Å²) < 4.78 is 27.2. The molecule has 2 N–H and O–H groups in total. The molecule has 0 aliphatic carbocycles. The lowest BCUT2D eigenvalue weighted by atomic mass is 10.1. The first-order chi connectivity index (χ1) is 13.8. The molecule has 0 saturated carbocycles. The summed E-state index contributed by atoms with van der Waals surface area (Å²) in [6, 6.07) is 12.1. The van der Waals surface area contributed by atoms with Crippen molar-refractivity contribution in [2.24, 2.45) is 0 Å². The van der Waals surface area contributed by atoms with Crippen LogP contribution >= 0.6 is 0 Å². The number of piperazine rings is 1. The molecule has 1 fully saturated rings. The number of nitro groups is 1. The first kappa shape index (κ1) is 21.2. The second kappa shape index (κ2) is 8.89. The van der Waals surface area contributed by atoms with Crippen LogP contribution in [0.5, 0.6) is 0 Å². The monoisotopic (exact) mass is 419 g/mol. The molecule has 29 heavy (non-hydrogen) atoms. The zero-order valence-corrected chi connectivity index (χ0v) is 17.5. The van der Waals surface area contributed by atoms with Crippen LogP contribution in [0.4, 0.5) is 11.4 Å². The third-order valence-electron chi connectivity index (χ3n) is 5.35. The Morgan fingerprint density at radius 1 is 1.17 bits per heavy atom. The lowest BCUT2D eigenvalue weighted by Gasteiger charge is -2.29. The Labute approximate surface area is 171 Å². The lowest BCUT2D eigenvalue weighted by molar-refractivity contribution is -0.883. The average molecular weight is 420 g/mol.